The first kappa shape index (κ1) is 14.0. The molecule has 1 atom stereocenters. The quantitative estimate of drug-likeness (QED) is 0.777. The van der Waals surface area contributed by atoms with Crippen LogP contribution in [-0.4, -0.2) is 15.9 Å². The van der Waals surface area contributed by atoms with Gasteiger partial charge in [-0.3, -0.25) is 4.79 Å². The molecule has 2 aromatic carbocycles. The smallest absolute Gasteiger partial charge is 0.274 e. The van der Waals surface area contributed by atoms with Crippen LogP contribution in [0.5, 0.6) is 0 Å². The highest BCUT2D eigenvalue weighted by atomic mass is 16.2. The topological polar surface area (TPSA) is 80.9 Å². The number of anilines is 1. The van der Waals surface area contributed by atoms with Crippen LogP contribution in [0, 0.1) is 0 Å². The second-order valence-corrected chi connectivity index (χ2v) is 5.09. The Morgan fingerprint density at radius 3 is 2.59 bits per heavy atom. The second-order valence-electron chi connectivity index (χ2n) is 5.09. The molecule has 110 valence electrons. The standard InChI is InChI=1S/C17H16N4O/c1-11(21-17(22)15-16(18)20-9-8-19-15)13-7-6-12-4-2-3-5-14(12)10-13/h2-11H,1H3,(H2,18,20)(H,21,22)/t11-/m1/s1. The third-order valence-electron chi connectivity index (χ3n) is 3.56. The van der Waals surface area contributed by atoms with E-state index in [1.807, 2.05) is 37.3 Å². The summed E-state index contributed by atoms with van der Waals surface area (Å²) in [5.74, 6) is -0.197. The Morgan fingerprint density at radius 2 is 1.82 bits per heavy atom. The van der Waals surface area contributed by atoms with E-state index < -0.39 is 0 Å². The lowest BCUT2D eigenvalue weighted by Crippen LogP contribution is -2.28. The molecule has 5 heteroatoms. The summed E-state index contributed by atoms with van der Waals surface area (Å²) in [5.41, 5.74) is 6.85. The molecule has 3 rings (SSSR count). The summed E-state index contributed by atoms with van der Waals surface area (Å²) >= 11 is 0. The summed E-state index contributed by atoms with van der Waals surface area (Å²) in [6.07, 6.45) is 2.91. The second kappa shape index (κ2) is 5.81. The zero-order valence-electron chi connectivity index (χ0n) is 12.2. The fraction of sp³-hybridized carbons (Fsp3) is 0.118. The van der Waals surface area contributed by atoms with E-state index in [2.05, 4.69) is 27.4 Å². The van der Waals surface area contributed by atoms with Crippen LogP contribution in [0.15, 0.2) is 54.9 Å². The zero-order chi connectivity index (χ0) is 15.5. The number of nitrogen functional groups attached to an aromatic ring is 1. The van der Waals surface area contributed by atoms with Gasteiger partial charge in [-0.2, -0.15) is 0 Å². The minimum absolute atomic E-state index is 0.130. The largest absolute Gasteiger partial charge is 0.382 e. The lowest BCUT2D eigenvalue weighted by Gasteiger charge is -2.15. The SMILES string of the molecule is C[C@@H](NC(=O)c1nccnc1N)c1ccc2ccccc2c1. The first-order chi connectivity index (χ1) is 10.6. The predicted molar refractivity (Wildman–Crippen MR) is 86.3 cm³/mol. The Balaban J connectivity index is 1.82. The van der Waals surface area contributed by atoms with Crippen molar-refractivity contribution in [3.05, 3.63) is 66.1 Å². The average molecular weight is 292 g/mol. The summed E-state index contributed by atoms with van der Waals surface area (Å²) in [5, 5.41) is 5.20. The van der Waals surface area contributed by atoms with E-state index in [-0.39, 0.29) is 23.5 Å². The highest BCUT2D eigenvalue weighted by Crippen LogP contribution is 2.20. The van der Waals surface area contributed by atoms with Gasteiger partial charge in [-0.15, -0.1) is 0 Å². The van der Waals surface area contributed by atoms with Gasteiger partial charge in [0.2, 0.25) is 0 Å². The molecule has 0 fully saturated rings. The van der Waals surface area contributed by atoms with Gasteiger partial charge in [0.25, 0.3) is 5.91 Å². The number of nitrogens with two attached hydrogens (primary N) is 1. The van der Waals surface area contributed by atoms with Gasteiger partial charge >= 0.3 is 0 Å². The summed E-state index contributed by atoms with van der Waals surface area (Å²) in [6, 6.07) is 14.1. The van der Waals surface area contributed by atoms with Crippen molar-refractivity contribution in [1.29, 1.82) is 0 Å². The summed E-state index contributed by atoms with van der Waals surface area (Å²) in [6.45, 7) is 1.93. The molecule has 1 aromatic heterocycles. The first-order valence-corrected chi connectivity index (χ1v) is 7.01. The van der Waals surface area contributed by atoms with Gasteiger partial charge in [-0.05, 0) is 29.3 Å². The fourth-order valence-corrected chi connectivity index (χ4v) is 2.35. The van der Waals surface area contributed by atoms with Crippen molar-refractivity contribution < 1.29 is 4.79 Å². The van der Waals surface area contributed by atoms with Crippen LogP contribution in [0.1, 0.15) is 29.0 Å². The average Bonchev–Trinajstić information content (AvgIpc) is 2.54. The molecular formula is C17H16N4O. The highest BCUT2D eigenvalue weighted by molar-refractivity contribution is 5.96. The maximum absolute atomic E-state index is 12.2. The monoisotopic (exact) mass is 292 g/mol. The number of rotatable bonds is 3. The van der Waals surface area contributed by atoms with Crippen molar-refractivity contribution in [2.45, 2.75) is 13.0 Å². The molecule has 1 amide bonds. The van der Waals surface area contributed by atoms with Crippen molar-refractivity contribution in [2.75, 3.05) is 5.73 Å². The van der Waals surface area contributed by atoms with Crippen LogP contribution < -0.4 is 11.1 Å². The van der Waals surface area contributed by atoms with Crippen molar-refractivity contribution >= 4 is 22.5 Å². The van der Waals surface area contributed by atoms with E-state index in [1.165, 1.54) is 17.8 Å². The van der Waals surface area contributed by atoms with Gasteiger partial charge in [0, 0.05) is 12.4 Å². The molecule has 1 heterocycles. The molecule has 22 heavy (non-hydrogen) atoms. The van der Waals surface area contributed by atoms with Crippen LogP contribution in [-0.2, 0) is 0 Å². The van der Waals surface area contributed by atoms with Gasteiger partial charge in [0.1, 0.15) is 0 Å². The molecule has 3 N–H and O–H groups in total. The van der Waals surface area contributed by atoms with E-state index in [0.717, 1.165) is 10.9 Å². The number of amides is 1. The number of carbonyl (C=O) groups is 1. The van der Waals surface area contributed by atoms with Crippen LogP contribution in [0.2, 0.25) is 0 Å². The molecule has 0 bridgehead atoms. The fourth-order valence-electron chi connectivity index (χ4n) is 2.35. The number of nitrogens with one attached hydrogen (secondary N) is 1. The van der Waals surface area contributed by atoms with Crippen LogP contribution in [0.25, 0.3) is 10.8 Å². The number of hydrogen-bond acceptors (Lipinski definition) is 4. The van der Waals surface area contributed by atoms with Crippen LogP contribution in [0.4, 0.5) is 5.82 Å². The normalized spacial score (nSPS) is 12.0. The molecular weight excluding hydrogens is 276 g/mol. The number of nitrogens with zero attached hydrogens (tertiary/aromatic N) is 2. The highest BCUT2D eigenvalue weighted by Gasteiger charge is 2.15. The molecule has 0 saturated carbocycles. The van der Waals surface area contributed by atoms with E-state index in [9.17, 15) is 4.79 Å². The van der Waals surface area contributed by atoms with E-state index in [0.29, 0.717) is 0 Å². The van der Waals surface area contributed by atoms with Gasteiger partial charge in [-0.25, -0.2) is 9.97 Å². The third-order valence-corrected chi connectivity index (χ3v) is 3.56. The van der Waals surface area contributed by atoms with Gasteiger partial charge in [0.05, 0.1) is 6.04 Å². The lowest BCUT2D eigenvalue weighted by molar-refractivity contribution is 0.0935. The minimum Gasteiger partial charge on any atom is -0.382 e. The van der Waals surface area contributed by atoms with Gasteiger partial charge in [-0.1, -0.05) is 36.4 Å². The maximum atomic E-state index is 12.2. The summed E-state index contributed by atoms with van der Waals surface area (Å²) in [4.78, 5) is 20.1. The third kappa shape index (κ3) is 2.74. The van der Waals surface area contributed by atoms with E-state index >= 15 is 0 Å². The lowest BCUT2D eigenvalue weighted by atomic mass is 10.0. The Morgan fingerprint density at radius 1 is 1.09 bits per heavy atom. The molecule has 0 saturated heterocycles. The molecule has 3 aromatic rings. The molecule has 0 aliphatic carbocycles. The Hall–Kier alpha value is -2.95. The number of hydrogen-bond donors (Lipinski definition) is 2. The number of benzene rings is 2. The Kier molecular flexibility index (Phi) is 3.70. The maximum Gasteiger partial charge on any atom is 0.274 e. The Labute approximate surface area is 128 Å². The van der Waals surface area contributed by atoms with Crippen molar-refractivity contribution in [1.82, 2.24) is 15.3 Å². The zero-order valence-corrected chi connectivity index (χ0v) is 12.2. The summed E-state index contributed by atoms with van der Waals surface area (Å²) in [7, 11) is 0. The van der Waals surface area contributed by atoms with Crippen molar-refractivity contribution in [3.8, 4) is 0 Å². The predicted octanol–water partition coefficient (Wildman–Crippen LogP) is 2.70. The van der Waals surface area contributed by atoms with Gasteiger partial charge < -0.3 is 11.1 Å². The molecule has 0 aliphatic rings. The Bertz CT molecular complexity index is 832. The molecule has 0 aliphatic heterocycles. The molecule has 0 spiro atoms. The van der Waals surface area contributed by atoms with Crippen LogP contribution >= 0.6 is 0 Å². The number of carbonyl (C=O) groups excluding carboxylic acids is 1. The van der Waals surface area contributed by atoms with Crippen molar-refractivity contribution in [3.63, 3.8) is 0 Å². The van der Waals surface area contributed by atoms with Crippen molar-refractivity contribution in [2.24, 2.45) is 0 Å². The molecule has 0 unspecified atom stereocenters. The van der Waals surface area contributed by atoms with Gasteiger partial charge in [0.15, 0.2) is 11.5 Å². The van der Waals surface area contributed by atoms with Crippen LogP contribution in [0.3, 0.4) is 0 Å². The van der Waals surface area contributed by atoms with E-state index in [4.69, 9.17) is 5.73 Å². The summed E-state index contributed by atoms with van der Waals surface area (Å²) < 4.78 is 0. The number of fused-ring (bicyclic) bond motifs is 1. The number of aromatic nitrogens is 2. The molecule has 0 radical (unpaired) electrons. The minimum atomic E-state index is -0.328. The van der Waals surface area contributed by atoms with E-state index in [1.54, 1.807) is 0 Å². The molecule has 5 nitrogen and oxygen atoms in total. The first-order valence-electron chi connectivity index (χ1n) is 7.01.